The van der Waals surface area contributed by atoms with Crippen molar-refractivity contribution in [3.63, 3.8) is 0 Å². The van der Waals surface area contributed by atoms with Crippen LogP contribution in [0.4, 0.5) is 0 Å². The van der Waals surface area contributed by atoms with Crippen molar-refractivity contribution < 1.29 is 0 Å². The van der Waals surface area contributed by atoms with E-state index in [4.69, 9.17) is 0 Å². The lowest BCUT2D eigenvalue weighted by Gasteiger charge is -2.40. The fraction of sp³-hybridized carbons (Fsp3) is 1.00. The Balaban J connectivity index is 1.43. The molecule has 4 atom stereocenters. The summed E-state index contributed by atoms with van der Waals surface area (Å²) in [6.45, 7) is 5.93. The first-order valence-corrected chi connectivity index (χ1v) is 7.64. The average Bonchev–Trinajstić information content (AvgIpc) is 2.94. The van der Waals surface area contributed by atoms with E-state index in [9.17, 15) is 0 Å². The highest BCUT2D eigenvalue weighted by Crippen LogP contribution is 2.44. The Morgan fingerprint density at radius 3 is 2.65 bits per heavy atom. The first kappa shape index (κ1) is 12.0. The van der Waals surface area contributed by atoms with Gasteiger partial charge in [-0.1, -0.05) is 26.7 Å². The second-order valence-corrected chi connectivity index (χ2v) is 7.25. The maximum Gasteiger partial charge on any atom is 0.0195 e. The zero-order valence-electron chi connectivity index (χ0n) is 11.5. The fourth-order valence-corrected chi connectivity index (χ4v) is 3.84. The summed E-state index contributed by atoms with van der Waals surface area (Å²) < 4.78 is 0. The van der Waals surface area contributed by atoms with Crippen molar-refractivity contribution in [3.8, 4) is 0 Å². The minimum absolute atomic E-state index is 0.571. The van der Waals surface area contributed by atoms with Gasteiger partial charge in [0.1, 0.15) is 0 Å². The minimum atomic E-state index is 0.571. The second kappa shape index (κ2) is 4.55. The van der Waals surface area contributed by atoms with E-state index in [0.717, 1.165) is 24.0 Å². The summed E-state index contributed by atoms with van der Waals surface area (Å²) in [6, 6.07) is 2.37. The molecule has 2 saturated carbocycles. The molecule has 0 amide bonds. The third-order valence-corrected chi connectivity index (χ3v) is 5.37. The first-order chi connectivity index (χ1) is 8.15. The monoisotopic (exact) mass is 236 g/mol. The van der Waals surface area contributed by atoms with Crippen molar-refractivity contribution in [2.45, 2.75) is 76.9 Å². The van der Waals surface area contributed by atoms with Gasteiger partial charge in [-0.25, -0.2) is 0 Å². The fourth-order valence-electron chi connectivity index (χ4n) is 3.84. The molecule has 4 unspecified atom stereocenters. The second-order valence-electron chi connectivity index (χ2n) is 7.25. The number of nitrogens with one attached hydrogen (secondary N) is 2. The number of rotatable bonds is 3. The predicted molar refractivity (Wildman–Crippen MR) is 72.1 cm³/mol. The molecule has 2 aliphatic carbocycles. The van der Waals surface area contributed by atoms with Gasteiger partial charge in [0.2, 0.25) is 0 Å². The largest absolute Gasteiger partial charge is 0.312 e. The smallest absolute Gasteiger partial charge is 0.0195 e. The molecule has 2 heteroatoms. The Morgan fingerprint density at radius 2 is 1.88 bits per heavy atom. The van der Waals surface area contributed by atoms with Crippen molar-refractivity contribution >= 4 is 0 Å². The Kier molecular flexibility index (Phi) is 3.20. The molecule has 1 saturated heterocycles. The molecule has 0 bridgehead atoms. The number of hydrogen-bond donors (Lipinski definition) is 2. The van der Waals surface area contributed by atoms with E-state index < -0.39 is 0 Å². The van der Waals surface area contributed by atoms with Crippen LogP contribution in [-0.2, 0) is 0 Å². The lowest BCUT2D eigenvalue weighted by atomic mass is 9.78. The quantitative estimate of drug-likeness (QED) is 0.787. The average molecular weight is 236 g/mol. The maximum atomic E-state index is 3.90. The van der Waals surface area contributed by atoms with E-state index in [2.05, 4.69) is 24.5 Å². The highest BCUT2D eigenvalue weighted by molar-refractivity contribution is 5.02. The molecule has 0 aromatic heterocycles. The first-order valence-electron chi connectivity index (χ1n) is 7.64. The third-order valence-electron chi connectivity index (χ3n) is 5.37. The zero-order valence-corrected chi connectivity index (χ0v) is 11.5. The Labute approximate surface area is 106 Å². The molecule has 3 aliphatic rings. The van der Waals surface area contributed by atoms with Crippen LogP contribution >= 0.6 is 0 Å². The van der Waals surface area contributed by atoms with Crippen LogP contribution in [0, 0.1) is 11.3 Å². The summed E-state index contributed by atoms with van der Waals surface area (Å²) in [5.74, 6) is 0.998. The van der Waals surface area contributed by atoms with Crippen LogP contribution in [-0.4, -0.2) is 24.7 Å². The molecule has 3 fully saturated rings. The van der Waals surface area contributed by atoms with Crippen LogP contribution < -0.4 is 10.6 Å². The number of fused-ring (bicyclic) bond motifs is 1. The Hall–Kier alpha value is -0.0800. The molecular weight excluding hydrogens is 208 g/mol. The van der Waals surface area contributed by atoms with Crippen molar-refractivity contribution in [2.24, 2.45) is 11.3 Å². The van der Waals surface area contributed by atoms with Crippen molar-refractivity contribution in [3.05, 3.63) is 0 Å². The lowest BCUT2D eigenvalue weighted by molar-refractivity contribution is 0.174. The third kappa shape index (κ3) is 2.68. The van der Waals surface area contributed by atoms with Crippen LogP contribution in [0.3, 0.4) is 0 Å². The van der Waals surface area contributed by atoms with Gasteiger partial charge in [-0.3, -0.25) is 0 Å². The molecule has 1 aliphatic heterocycles. The molecule has 0 aromatic rings. The van der Waals surface area contributed by atoms with Crippen LogP contribution in [0.15, 0.2) is 0 Å². The summed E-state index contributed by atoms with van der Waals surface area (Å²) in [7, 11) is 0. The van der Waals surface area contributed by atoms with E-state index >= 15 is 0 Å². The van der Waals surface area contributed by atoms with Gasteiger partial charge in [0, 0.05) is 24.7 Å². The SMILES string of the molecule is CC1(C)CC1NCC1CCC2CCCCC2N1. The van der Waals surface area contributed by atoms with E-state index in [1.807, 2.05) is 0 Å². The normalized spacial score (nSPS) is 44.1. The van der Waals surface area contributed by atoms with Crippen LogP contribution in [0.2, 0.25) is 0 Å². The minimum Gasteiger partial charge on any atom is -0.312 e. The van der Waals surface area contributed by atoms with Gasteiger partial charge in [0.15, 0.2) is 0 Å². The Morgan fingerprint density at radius 1 is 1.12 bits per heavy atom. The number of hydrogen-bond acceptors (Lipinski definition) is 2. The van der Waals surface area contributed by atoms with E-state index in [1.54, 1.807) is 0 Å². The zero-order chi connectivity index (χ0) is 11.9. The van der Waals surface area contributed by atoms with Crippen LogP contribution in [0.1, 0.15) is 58.8 Å². The van der Waals surface area contributed by atoms with Gasteiger partial charge in [0.25, 0.3) is 0 Å². The van der Waals surface area contributed by atoms with E-state index in [-0.39, 0.29) is 0 Å². The maximum absolute atomic E-state index is 3.90. The molecule has 2 nitrogen and oxygen atoms in total. The lowest BCUT2D eigenvalue weighted by Crippen LogP contribution is -2.52. The summed E-state index contributed by atoms with van der Waals surface area (Å²) >= 11 is 0. The van der Waals surface area contributed by atoms with Crippen molar-refractivity contribution in [1.29, 1.82) is 0 Å². The summed E-state index contributed by atoms with van der Waals surface area (Å²) in [4.78, 5) is 0. The molecule has 2 N–H and O–H groups in total. The molecular formula is C15H28N2. The van der Waals surface area contributed by atoms with Crippen LogP contribution in [0.25, 0.3) is 0 Å². The summed E-state index contributed by atoms with van der Waals surface area (Å²) in [6.07, 6.45) is 10.1. The van der Waals surface area contributed by atoms with Crippen LogP contribution in [0.5, 0.6) is 0 Å². The van der Waals surface area contributed by atoms with Gasteiger partial charge in [-0.2, -0.15) is 0 Å². The molecule has 1 heterocycles. The topological polar surface area (TPSA) is 24.1 Å². The molecule has 3 rings (SSSR count). The standard InChI is InChI=1S/C15H28N2/c1-15(2)9-14(15)16-10-12-8-7-11-5-3-4-6-13(11)17-12/h11-14,16-17H,3-10H2,1-2H3. The van der Waals surface area contributed by atoms with E-state index in [0.29, 0.717) is 5.41 Å². The molecule has 98 valence electrons. The van der Waals surface area contributed by atoms with Crippen molar-refractivity contribution in [2.75, 3.05) is 6.54 Å². The molecule has 0 radical (unpaired) electrons. The van der Waals surface area contributed by atoms with Gasteiger partial charge in [0.05, 0.1) is 0 Å². The van der Waals surface area contributed by atoms with Gasteiger partial charge in [-0.05, 0) is 43.4 Å². The molecule has 0 aromatic carbocycles. The summed E-state index contributed by atoms with van der Waals surface area (Å²) in [5, 5.41) is 7.65. The highest BCUT2D eigenvalue weighted by Gasteiger charge is 2.45. The van der Waals surface area contributed by atoms with Gasteiger partial charge < -0.3 is 10.6 Å². The molecule has 0 spiro atoms. The van der Waals surface area contributed by atoms with Crippen molar-refractivity contribution in [1.82, 2.24) is 10.6 Å². The Bertz CT molecular complexity index is 274. The van der Waals surface area contributed by atoms with Gasteiger partial charge >= 0.3 is 0 Å². The van der Waals surface area contributed by atoms with E-state index in [1.165, 1.54) is 51.5 Å². The number of piperidine rings is 1. The predicted octanol–water partition coefficient (Wildman–Crippen LogP) is 2.69. The van der Waals surface area contributed by atoms with Gasteiger partial charge in [-0.15, -0.1) is 0 Å². The molecule has 17 heavy (non-hydrogen) atoms. The summed E-state index contributed by atoms with van der Waals surface area (Å²) in [5.41, 5.74) is 0.571. The highest BCUT2D eigenvalue weighted by atomic mass is 15.1.